The van der Waals surface area contributed by atoms with Gasteiger partial charge >= 0.3 is 0 Å². The summed E-state index contributed by atoms with van der Waals surface area (Å²) in [6.45, 7) is 8.47. The van der Waals surface area contributed by atoms with Gasteiger partial charge in [-0.25, -0.2) is 0 Å². The predicted molar refractivity (Wildman–Crippen MR) is 91.7 cm³/mol. The molecule has 122 valence electrons. The SMILES string of the molecule is CCCNC(Cc1c(Br)c(CC)nn1C)CC(C)COC. The molecular weight excluding hydrogens is 330 g/mol. The fourth-order valence-electron chi connectivity index (χ4n) is 2.70. The maximum absolute atomic E-state index is 5.27. The molecule has 4 nitrogen and oxygen atoms in total. The highest BCUT2D eigenvalue weighted by molar-refractivity contribution is 9.10. The van der Waals surface area contributed by atoms with Crippen molar-refractivity contribution in [1.82, 2.24) is 15.1 Å². The van der Waals surface area contributed by atoms with Gasteiger partial charge in [-0.2, -0.15) is 5.10 Å². The van der Waals surface area contributed by atoms with Crippen LogP contribution >= 0.6 is 15.9 Å². The number of ether oxygens (including phenoxy) is 1. The summed E-state index contributed by atoms with van der Waals surface area (Å²) in [6.07, 6.45) is 4.23. The van der Waals surface area contributed by atoms with Gasteiger partial charge in [-0.1, -0.05) is 20.8 Å². The third-order valence-corrected chi connectivity index (χ3v) is 4.68. The topological polar surface area (TPSA) is 39.1 Å². The van der Waals surface area contributed by atoms with Crippen molar-refractivity contribution in [2.24, 2.45) is 13.0 Å². The van der Waals surface area contributed by atoms with Crippen LogP contribution in [-0.4, -0.2) is 36.1 Å². The van der Waals surface area contributed by atoms with Gasteiger partial charge in [-0.3, -0.25) is 4.68 Å². The Hall–Kier alpha value is -0.390. The Balaban J connectivity index is 2.77. The molecule has 0 amide bonds. The minimum atomic E-state index is 0.464. The smallest absolute Gasteiger partial charge is 0.0766 e. The number of rotatable bonds is 10. The lowest BCUT2D eigenvalue weighted by Crippen LogP contribution is -2.34. The first-order valence-corrected chi connectivity index (χ1v) is 8.75. The number of aryl methyl sites for hydroxylation is 2. The van der Waals surface area contributed by atoms with E-state index < -0.39 is 0 Å². The second-order valence-corrected chi connectivity index (χ2v) is 6.63. The van der Waals surface area contributed by atoms with E-state index in [9.17, 15) is 0 Å². The molecule has 1 aromatic heterocycles. The molecular formula is C16H30BrN3O. The molecule has 0 radical (unpaired) electrons. The van der Waals surface area contributed by atoms with E-state index in [1.807, 2.05) is 11.7 Å². The van der Waals surface area contributed by atoms with Crippen LogP contribution in [0.15, 0.2) is 4.47 Å². The average molecular weight is 360 g/mol. The van der Waals surface area contributed by atoms with E-state index in [1.165, 1.54) is 10.2 Å². The van der Waals surface area contributed by atoms with Crippen LogP contribution in [0.5, 0.6) is 0 Å². The lowest BCUT2D eigenvalue weighted by atomic mass is 9.98. The molecule has 0 saturated heterocycles. The molecule has 2 atom stereocenters. The largest absolute Gasteiger partial charge is 0.384 e. The second kappa shape index (κ2) is 9.59. The van der Waals surface area contributed by atoms with Crippen molar-refractivity contribution in [2.75, 3.05) is 20.3 Å². The molecule has 1 rings (SSSR count). The Morgan fingerprint density at radius 1 is 1.38 bits per heavy atom. The second-order valence-electron chi connectivity index (χ2n) is 5.84. The van der Waals surface area contributed by atoms with Crippen molar-refractivity contribution < 1.29 is 4.74 Å². The van der Waals surface area contributed by atoms with E-state index >= 15 is 0 Å². The number of nitrogens with zero attached hydrogens (tertiary/aromatic N) is 2. The molecule has 0 saturated carbocycles. The van der Waals surface area contributed by atoms with Crippen LogP contribution in [-0.2, 0) is 24.6 Å². The lowest BCUT2D eigenvalue weighted by molar-refractivity contribution is 0.149. The molecule has 0 aliphatic heterocycles. The lowest BCUT2D eigenvalue weighted by Gasteiger charge is -2.22. The van der Waals surface area contributed by atoms with E-state index in [4.69, 9.17) is 4.74 Å². The monoisotopic (exact) mass is 359 g/mol. The molecule has 5 heteroatoms. The van der Waals surface area contributed by atoms with Crippen LogP contribution in [0.3, 0.4) is 0 Å². The van der Waals surface area contributed by atoms with Gasteiger partial charge < -0.3 is 10.1 Å². The van der Waals surface area contributed by atoms with Crippen molar-refractivity contribution in [2.45, 2.75) is 52.5 Å². The van der Waals surface area contributed by atoms with Gasteiger partial charge in [0.1, 0.15) is 0 Å². The molecule has 0 fully saturated rings. The average Bonchev–Trinajstić information content (AvgIpc) is 2.72. The Kier molecular flexibility index (Phi) is 8.52. The Bertz CT molecular complexity index is 420. The minimum absolute atomic E-state index is 0.464. The fraction of sp³-hybridized carbons (Fsp3) is 0.812. The number of hydrogen-bond donors (Lipinski definition) is 1. The van der Waals surface area contributed by atoms with Crippen molar-refractivity contribution in [3.8, 4) is 0 Å². The molecule has 1 aromatic rings. The molecule has 1 N–H and O–H groups in total. The van der Waals surface area contributed by atoms with E-state index in [2.05, 4.69) is 47.1 Å². The van der Waals surface area contributed by atoms with Crippen molar-refractivity contribution in [3.05, 3.63) is 15.9 Å². The number of methoxy groups -OCH3 is 1. The summed E-state index contributed by atoms with van der Waals surface area (Å²) in [5, 5.41) is 8.27. The van der Waals surface area contributed by atoms with Crippen molar-refractivity contribution >= 4 is 15.9 Å². The summed E-state index contributed by atoms with van der Waals surface area (Å²) < 4.78 is 8.47. The molecule has 0 spiro atoms. The third kappa shape index (κ3) is 5.72. The molecule has 0 aliphatic rings. The van der Waals surface area contributed by atoms with E-state index in [0.29, 0.717) is 12.0 Å². The van der Waals surface area contributed by atoms with E-state index in [1.54, 1.807) is 7.11 Å². The number of halogens is 1. The fourth-order valence-corrected chi connectivity index (χ4v) is 3.48. The van der Waals surface area contributed by atoms with Gasteiger partial charge in [0.25, 0.3) is 0 Å². The van der Waals surface area contributed by atoms with Crippen molar-refractivity contribution in [3.63, 3.8) is 0 Å². The molecule has 0 aliphatic carbocycles. The molecule has 21 heavy (non-hydrogen) atoms. The van der Waals surface area contributed by atoms with Crippen LogP contribution < -0.4 is 5.32 Å². The Morgan fingerprint density at radius 3 is 2.62 bits per heavy atom. The summed E-state index contributed by atoms with van der Waals surface area (Å²) in [4.78, 5) is 0. The van der Waals surface area contributed by atoms with Crippen LogP contribution in [0.4, 0.5) is 0 Å². The first-order valence-electron chi connectivity index (χ1n) is 7.95. The highest BCUT2D eigenvalue weighted by Gasteiger charge is 2.19. The highest BCUT2D eigenvalue weighted by atomic mass is 79.9. The minimum Gasteiger partial charge on any atom is -0.384 e. The Morgan fingerprint density at radius 2 is 2.10 bits per heavy atom. The summed E-state index contributed by atoms with van der Waals surface area (Å²) in [6, 6.07) is 0.464. The standard InChI is InChI=1S/C16H30BrN3O/c1-6-8-18-13(9-12(3)11-21-5)10-15-16(17)14(7-2)19-20(15)4/h12-13,18H,6-11H2,1-5H3. The van der Waals surface area contributed by atoms with Gasteiger partial charge in [0.15, 0.2) is 0 Å². The third-order valence-electron chi connectivity index (χ3n) is 3.76. The molecule has 0 aromatic carbocycles. The predicted octanol–water partition coefficient (Wildman–Crippen LogP) is 3.33. The van der Waals surface area contributed by atoms with Crippen molar-refractivity contribution in [1.29, 1.82) is 0 Å². The van der Waals surface area contributed by atoms with Gasteiger partial charge in [0.2, 0.25) is 0 Å². The summed E-state index contributed by atoms with van der Waals surface area (Å²) in [5.74, 6) is 0.557. The van der Waals surface area contributed by atoms with Crippen LogP contribution in [0.1, 0.15) is 45.0 Å². The summed E-state index contributed by atoms with van der Waals surface area (Å²) >= 11 is 3.72. The quantitative estimate of drug-likeness (QED) is 0.696. The molecule has 2 unspecified atom stereocenters. The van der Waals surface area contributed by atoms with Gasteiger partial charge in [-0.15, -0.1) is 0 Å². The number of hydrogen-bond acceptors (Lipinski definition) is 3. The van der Waals surface area contributed by atoms with Crippen LogP contribution in [0.25, 0.3) is 0 Å². The zero-order valence-corrected chi connectivity index (χ0v) is 15.7. The molecule has 0 bridgehead atoms. The zero-order chi connectivity index (χ0) is 15.8. The maximum Gasteiger partial charge on any atom is 0.0766 e. The zero-order valence-electron chi connectivity index (χ0n) is 14.1. The van der Waals surface area contributed by atoms with E-state index in [-0.39, 0.29) is 0 Å². The number of nitrogens with one attached hydrogen (secondary N) is 1. The van der Waals surface area contributed by atoms with Gasteiger partial charge in [0, 0.05) is 33.2 Å². The summed E-state index contributed by atoms with van der Waals surface area (Å²) in [5.41, 5.74) is 2.43. The number of aromatic nitrogens is 2. The van der Waals surface area contributed by atoms with Crippen LogP contribution in [0.2, 0.25) is 0 Å². The first kappa shape index (κ1) is 18.7. The normalized spacial score (nSPS) is 14.4. The highest BCUT2D eigenvalue weighted by Crippen LogP contribution is 2.24. The van der Waals surface area contributed by atoms with Gasteiger partial charge in [-0.05, 0) is 47.7 Å². The van der Waals surface area contributed by atoms with Crippen LogP contribution in [0, 0.1) is 5.92 Å². The van der Waals surface area contributed by atoms with Gasteiger partial charge in [0.05, 0.1) is 15.9 Å². The first-order chi connectivity index (χ1) is 10.0. The summed E-state index contributed by atoms with van der Waals surface area (Å²) in [7, 11) is 3.81. The maximum atomic E-state index is 5.27. The Labute approximate surface area is 137 Å². The molecule has 1 heterocycles. The van der Waals surface area contributed by atoms with E-state index in [0.717, 1.165) is 44.5 Å².